The standard InChI is InChI=1S/C16H12/c1-2-6-13(5-1)9-10-15-12-11-14-7-3-4-8-16(14)15/h1-5,7-8,12H,6,11H2. The molecule has 3 rings (SSSR count). The average Bonchev–Trinajstić information content (AvgIpc) is 2.96. The van der Waals surface area contributed by atoms with E-state index in [0.29, 0.717) is 0 Å². The van der Waals surface area contributed by atoms with Crippen LogP contribution in [0.5, 0.6) is 0 Å². The first-order chi connectivity index (χ1) is 7.93. The Balaban J connectivity index is 1.88. The molecule has 16 heavy (non-hydrogen) atoms. The minimum absolute atomic E-state index is 0.988. The highest BCUT2D eigenvalue weighted by atomic mass is 14.1. The van der Waals surface area contributed by atoms with E-state index >= 15 is 0 Å². The van der Waals surface area contributed by atoms with Gasteiger partial charge in [-0.25, -0.2) is 0 Å². The maximum Gasteiger partial charge on any atom is 0.0287 e. The molecule has 0 heteroatoms. The normalized spacial score (nSPS) is 16.2. The van der Waals surface area contributed by atoms with Gasteiger partial charge in [0, 0.05) is 11.1 Å². The lowest BCUT2D eigenvalue weighted by Crippen LogP contribution is -1.81. The summed E-state index contributed by atoms with van der Waals surface area (Å²) in [7, 11) is 0. The maximum atomic E-state index is 3.28. The fourth-order valence-corrected chi connectivity index (χ4v) is 2.09. The van der Waals surface area contributed by atoms with E-state index in [1.54, 1.807) is 0 Å². The molecule has 0 aliphatic heterocycles. The number of fused-ring (bicyclic) bond motifs is 1. The number of hydrogen-bond donors (Lipinski definition) is 0. The Bertz CT molecular complexity index is 572. The molecule has 0 saturated heterocycles. The minimum atomic E-state index is 0.988. The Labute approximate surface area is 96.0 Å². The van der Waals surface area contributed by atoms with Gasteiger partial charge in [-0.05, 0) is 24.0 Å². The Hall–Kier alpha value is -2.00. The predicted octanol–water partition coefficient (Wildman–Crippen LogP) is 3.52. The number of rotatable bonds is 0. The lowest BCUT2D eigenvalue weighted by atomic mass is 10.1. The van der Waals surface area contributed by atoms with Crippen molar-refractivity contribution in [2.75, 3.05) is 0 Å². The summed E-state index contributed by atoms with van der Waals surface area (Å²) in [6, 6.07) is 8.50. The molecule has 0 fully saturated rings. The molecular formula is C16H12. The van der Waals surface area contributed by atoms with Gasteiger partial charge in [0.05, 0.1) is 0 Å². The van der Waals surface area contributed by atoms with E-state index in [2.05, 4.69) is 60.4 Å². The van der Waals surface area contributed by atoms with Crippen molar-refractivity contribution in [3.8, 4) is 11.8 Å². The summed E-state index contributed by atoms with van der Waals surface area (Å²) in [4.78, 5) is 0. The van der Waals surface area contributed by atoms with E-state index in [-0.39, 0.29) is 0 Å². The van der Waals surface area contributed by atoms with Crippen molar-refractivity contribution in [3.63, 3.8) is 0 Å². The number of hydrogen-bond acceptors (Lipinski definition) is 0. The van der Waals surface area contributed by atoms with Crippen molar-refractivity contribution >= 4 is 5.57 Å². The monoisotopic (exact) mass is 204 g/mol. The molecule has 0 nitrogen and oxygen atoms in total. The predicted molar refractivity (Wildman–Crippen MR) is 67.7 cm³/mol. The Morgan fingerprint density at radius 2 is 1.94 bits per heavy atom. The van der Waals surface area contributed by atoms with Gasteiger partial charge in [0.25, 0.3) is 0 Å². The number of allylic oxidation sites excluding steroid dienone is 6. The Morgan fingerprint density at radius 3 is 2.81 bits per heavy atom. The summed E-state index contributed by atoms with van der Waals surface area (Å²) in [5.41, 5.74) is 5.10. The second-order valence-electron chi connectivity index (χ2n) is 4.05. The third-order valence-corrected chi connectivity index (χ3v) is 2.96. The molecule has 0 N–H and O–H groups in total. The fraction of sp³-hybridized carbons (Fsp3) is 0.125. The summed E-state index contributed by atoms with van der Waals surface area (Å²) in [5.74, 6) is 6.53. The third kappa shape index (κ3) is 1.61. The molecule has 2 aliphatic carbocycles. The van der Waals surface area contributed by atoms with Gasteiger partial charge < -0.3 is 0 Å². The molecule has 76 valence electrons. The summed E-state index contributed by atoms with van der Waals surface area (Å²) in [6.07, 6.45) is 10.5. The van der Waals surface area contributed by atoms with Gasteiger partial charge in [0.15, 0.2) is 0 Å². The van der Waals surface area contributed by atoms with Crippen molar-refractivity contribution in [2.45, 2.75) is 12.8 Å². The van der Waals surface area contributed by atoms with E-state index in [1.807, 2.05) is 0 Å². The Morgan fingerprint density at radius 1 is 1.00 bits per heavy atom. The molecule has 0 heterocycles. The average molecular weight is 204 g/mol. The molecule has 1 aromatic rings. The topological polar surface area (TPSA) is 0 Å². The number of benzene rings is 1. The third-order valence-electron chi connectivity index (χ3n) is 2.96. The van der Waals surface area contributed by atoms with Crippen molar-refractivity contribution < 1.29 is 0 Å². The lowest BCUT2D eigenvalue weighted by molar-refractivity contribution is 1.31. The first kappa shape index (κ1) is 9.24. The zero-order chi connectivity index (χ0) is 10.8. The van der Waals surface area contributed by atoms with Gasteiger partial charge in [-0.3, -0.25) is 0 Å². The van der Waals surface area contributed by atoms with Crippen molar-refractivity contribution in [1.82, 2.24) is 0 Å². The van der Waals surface area contributed by atoms with Gasteiger partial charge in [-0.2, -0.15) is 0 Å². The molecular weight excluding hydrogens is 192 g/mol. The van der Waals surface area contributed by atoms with Crippen molar-refractivity contribution in [1.29, 1.82) is 0 Å². The molecule has 0 atom stereocenters. The van der Waals surface area contributed by atoms with Gasteiger partial charge in [-0.1, -0.05) is 60.4 Å². The quantitative estimate of drug-likeness (QED) is 0.567. The molecule has 0 unspecified atom stereocenters. The Kier molecular flexibility index (Phi) is 2.23. The SMILES string of the molecule is C(#CC1=CCc2ccccc21)C1=CC=CC1. The van der Waals surface area contributed by atoms with Crippen LogP contribution >= 0.6 is 0 Å². The maximum absolute atomic E-state index is 3.28. The molecule has 0 aromatic heterocycles. The highest BCUT2D eigenvalue weighted by Gasteiger charge is 2.10. The zero-order valence-corrected chi connectivity index (χ0v) is 9.03. The fourth-order valence-electron chi connectivity index (χ4n) is 2.09. The van der Waals surface area contributed by atoms with Crippen LogP contribution in [0.3, 0.4) is 0 Å². The van der Waals surface area contributed by atoms with E-state index in [1.165, 1.54) is 22.3 Å². The summed E-state index contributed by atoms with van der Waals surface area (Å²) >= 11 is 0. The van der Waals surface area contributed by atoms with E-state index < -0.39 is 0 Å². The first-order valence-electron chi connectivity index (χ1n) is 5.59. The molecule has 2 aliphatic rings. The van der Waals surface area contributed by atoms with E-state index in [0.717, 1.165) is 12.8 Å². The smallest absolute Gasteiger partial charge is 0.0287 e. The molecule has 0 amide bonds. The molecule has 0 bridgehead atoms. The van der Waals surface area contributed by atoms with E-state index in [9.17, 15) is 0 Å². The van der Waals surface area contributed by atoms with Crippen LogP contribution in [0, 0.1) is 11.8 Å². The van der Waals surface area contributed by atoms with Gasteiger partial charge >= 0.3 is 0 Å². The molecule has 1 aromatic carbocycles. The second kappa shape index (κ2) is 3.87. The van der Waals surface area contributed by atoms with Crippen LogP contribution in [0.4, 0.5) is 0 Å². The first-order valence-corrected chi connectivity index (χ1v) is 5.59. The highest BCUT2D eigenvalue weighted by molar-refractivity contribution is 5.84. The molecule has 0 spiro atoms. The molecule has 0 radical (unpaired) electrons. The van der Waals surface area contributed by atoms with Crippen LogP contribution in [0.25, 0.3) is 5.57 Å². The zero-order valence-electron chi connectivity index (χ0n) is 9.03. The van der Waals surface area contributed by atoms with Gasteiger partial charge in [0.2, 0.25) is 0 Å². The van der Waals surface area contributed by atoms with E-state index in [4.69, 9.17) is 0 Å². The van der Waals surface area contributed by atoms with Gasteiger partial charge in [0.1, 0.15) is 0 Å². The van der Waals surface area contributed by atoms with Crippen molar-refractivity contribution in [2.24, 2.45) is 0 Å². The van der Waals surface area contributed by atoms with Crippen LogP contribution in [0.1, 0.15) is 17.5 Å². The summed E-state index contributed by atoms with van der Waals surface area (Å²) < 4.78 is 0. The molecule has 0 saturated carbocycles. The van der Waals surface area contributed by atoms with Crippen LogP contribution < -0.4 is 0 Å². The van der Waals surface area contributed by atoms with Crippen molar-refractivity contribution in [3.05, 3.63) is 65.3 Å². The van der Waals surface area contributed by atoms with Gasteiger partial charge in [-0.15, -0.1) is 0 Å². The highest BCUT2D eigenvalue weighted by Crippen LogP contribution is 2.26. The van der Waals surface area contributed by atoms with Crippen LogP contribution in [0.15, 0.2) is 54.1 Å². The second-order valence-corrected chi connectivity index (χ2v) is 4.05. The van der Waals surface area contributed by atoms with Crippen LogP contribution in [0.2, 0.25) is 0 Å². The van der Waals surface area contributed by atoms with Crippen LogP contribution in [-0.2, 0) is 6.42 Å². The lowest BCUT2D eigenvalue weighted by Gasteiger charge is -1.97. The summed E-state index contributed by atoms with van der Waals surface area (Å²) in [6.45, 7) is 0. The largest absolute Gasteiger partial charge is 0.0794 e. The van der Waals surface area contributed by atoms with Crippen LogP contribution in [-0.4, -0.2) is 0 Å². The summed E-state index contributed by atoms with van der Waals surface area (Å²) in [5, 5.41) is 0. The minimum Gasteiger partial charge on any atom is -0.0794 e.